The summed E-state index contributed by atoms with van der Waals surface area (Å²) in [5.41, 5.74) is 1.02. The van der Waals surface area contributed by atoms with Gasteiger partial charge in [-0.25, -0.2) is 8.42 Å². The standard InChI is InChI=1S/C11H15NO4S/c1-3-9-4-6-10(7-5-9)17(15,16)12-8(2)11(13)14/h4-8,12H,3H2,1-2H3,(H,13,14)/t8-/m1/s1. The van der Waals surface area contributed by atoms with E-state index in [1.165, 1.54) is 19.1 Å². The zero-order valence-corrected chi connectivity index (χ0v) is 10.5. The second-order valence-electron chi connectivity index (χ2n) is 3.68. The number of aliphatic carboxylic acids is 1. The van der Waals surface area contributed by atoms with Gasteiger partial charge in [0.2, 0.25) is 10.0 Å². The summed E-state index contributed by atoms with van der Waals surface area (Å²) < 4.78 is 25.6. The minimum absolute atomic E-state index is 0.0720. The first-order chi connectivity index (χ1) is 7.86. The van der Waals surface area contributed by atoms with Crippen molar-refractivity contribution < 1.29 is 18.3 Å². The van der Waals surface area contributed by atoms with E-state index in [9.17, 15) is 13.2 Å². The van der Waals surface area contributed by atoms with Crippen molar-refractivity contribution in [1.82, 2.24) is 4.72 Å². The van der Waals surface area contributed by atoms with Crippen LogP contribution in [0, 0.1) is 0 Å². The fourth-order valence-corrected chi connectivity index (χ4v) is 2.45. The van der Waals surface area contributed by atoms with Gasteiger partial charge in [0.25, 0.3) is 0 Å². The molecule has 1 rings (SSSR count). The van der Waals surface area contributed by atoms with Crippen LogP contribution in [0.4, 0.5) is 0 Å². The van der Waals surface area contributed by atoms with Gasteiger partial charge in [-0.1, -0.05) is 19.1 Å². The summed E-state index contributed by atoms with van der Waals surface area (Å²) in [6.07, 6.45) is 0.819. The Morgan fingerprint density at radius 2 is 1.88 bits per heavy atom. The van der Waals surface area contributed by atoms with E-state index >= 15 is 0 Å². The lowest BCUT2D eigenvalue weighted by Gasteiger charge is -2.10. The van der Waals surface area contributed by atoms with Crippen molar-refractivity contribution in [3.8, 4) is 0 Å². The lowest BCUT2D eigenvalue weighted by atomic mass is 10.2. The Morgan fingerprint density at radius 1 is 1.35 bits per heavy atom. The predicted molar refractivity (Wildman–Crippen MR) is 63.2 cm³/mol. The number of aryl methyl sites for hydroxylation is 1. The van der Waals surface area contributed by atoms with Gasteiger partial charge in [-0.3, -0.25) is 4.79 Å². The third-order valence-electron chi connectivity index (χ3n) is 2.34. The highest BCUT2D eigenvalue weighted by atomic mass is 32.2. The number of carboxylic acid groups (broad SMARTS) is 1. The van der Waals surface area contributed by atoms with E-state index in [1.54, 1.807) is 12.1 Å². The summed E-state index contributed by atoms with van der Waals surface area (Å²) in [6.45, 7) is 3.24. The smallest absolute Gasteiger partial charge is 0.321 e. The molecule has 0 bridgehead atoms. The summed E-state index contributed by atoms with van der Waals surface area (Å²) in [7, 11) is -3.76. The van der Waals surface area contributed by atoms with Crippen molar-refractivity contribution in [2.75, 3.05) is 0 Å². The molecule has 0 aliphatic carbocycles. The van der Waals surface area contributed by atoms with Gasteiger partial charge in [-0.15, -0.1) is 0 Å². The van der Waals surface area contributed by atoms with Crippen LogP contribution in [0.25, 0.3) is 0 Å². The van der Waals surface area contributed by atoms with E-state index in [-0.39, 0.29) is 4.90 Å². The molecule has 6 heteroatoms. The molecule has 1 aromatic rings. The van der Waals surface area contributed by atoms with Crippen LogP contribution in [0.1, 0.15) is 19.4 Å². The molecular formula is C11H15NO4S. The Kier molecular flexibility index (Phi) is 4.25. The van der Waals surface area contributed by atoms with Crippen LogP contribution < -0.4 is 4.72 Å². The Labute approximate surface area is 101 Å². The van der Waals surface area contributed by atoms with Gasteiger partial charge < -0.3 is 5.11 Å². The summed E-state index contributed by atoms with van der Waals surface area (Å²) in [5, 5.41) is 8.65. The SMILES string of the molecule is CCc1ccc(S(=O)(=O)N[C@H](C)C(=O)O)cc1. The number of carbonyl (C=O) groups is 1. The Morgan fingerprint density at radius 3 is 2.29 bits per heavy atom. The molecule has 94 valence electrons. The van der Waals surface area contributed by atoms with Crippen molar-refractivity contribution in [2.45, 2.75) is 31.2 Å². The van der Waals surface area contributed by atoms with Gasteiger partial charge in [-0.05, 0) is 31.0 Å². The molecule has 1 atom stereocenters. The fourth-order valence-electron chi connectivity index (χ4n) is 1.26. The van der Waals surface area contributed by atoms with Crippen LogP contribution in [-0.4, -0.2) is 25.5 Å². The number of carboxylic acids is 1. The minimum atomic E-state index is -3.76. The van der Waals surface area contributed by atoms with Gasteiger partial charge in [0.1, 0.15) is 6.04 Å². The fraction of sp³-hybridized carbons (Fsp3) is 0.364. The number of sulfonamides is 1. The maximum absolute atomic E-state index is 11.8. The van der Waals surface area contributed by atoms with E-state index in [0.717, 1.165) is 12.0 Å². The molecule has 0 heterocycles. The second kappa shape index (κ2) is 5.29. The molecule has 0 spiro atoms. The summed E-state index contributed by atoms with van der Waals surface area (Å²) in [4.78, 5) is 10.7. The quantitative estimate of drug-likeness (QED) is 0.824. The molecule has 0 fully saturated rings. The molecule has 1 aromatic carbocycles. The second-order valence-corrected chi connectivity index (χ2v) is 5.39. The van der Waals surface area contributed by atoms with Crippen molar-refractivity contribution in [2.24, 2.45) is 0 Å². The number of rotatable bonds is 5. The highest BCUT2D eigenvalue weighted by Crippen LogP contribution is 2.11. The molecule has 0 aromatic heterocycles. The molecule has 5 nitrogen and oxygen atoms in total. The lowest BCUT2D eigenvalue weighted by Crippen LogP contribution is -2.38. The first-order valence-corrected chi connectivity index (χ1v) is 6.69. The molecule has 0 amide bonds. The molecular weight excluding hydrogens is 242 g/mol. The van der Waals surface area contributed by atoms with Crippen LogP contribution in [-0.2, 0) is 21.2 Å². The summed E-state index contributed by atoms with van der Waals surface area (Å²) >= 11 is 0. The summed E-state index contributed by atoms with van der Waals surface area (Å²) in [5.74, 6) is -1.21. The zero-order chi connectivity index (χ0) is 13.1. The van der Waals surface area contributed by atoms with Crippen molar-refractivity contribution in [3.05, 3.63) is 29.8 Å². The number of nitrogens with one attached hydrogen (secondary N) is 1. The van der Waals surface area contributed by atoms with Crippen molar-refractivity contribution in [1.29, 1.82) is 0 Å². The normalized spacial score (nSPS) is 13.3. The predicted octanol–water partition coefficient (Wildman–Crippen LogP) is 1.00. The number of hydrogen-bond donors (Lipinski definition) is 2. The van der Waals surface area contributed by atoms with Gasteiger partial charge in [-0.2, -0.15) is 4.72 Å². The first kappa shape index (κ1) is 13.7. The maximum atomic E-state index is 11.8. The van der Waals surface area contributed by atoms with Gasteiger partial charge in [0, 0.05) is 0 Å². The largest absolute Gasteiger partial charge is 0.480 e. The van der Waals surface area contributed by atoms with Crippen LogP contribution in [0.15, 0.2) is 29.2 Å². The summed E-state index contributed by atoms with van der Waals surface area (Å²) in [6, 6.07) is 5.21. The Balaban J connectivity index is 2.93. The number of benzene rings is 1. The maximum Gasteiger partial charge on any atom is 0.321 e. The van der Waals surface area contributed by atoms with E-state index in [2.05, 4.69) is 4.72 Å². The van der Waals surface area contributed by atoms with Gasteiger partial charge in [0.15, 0.2) is 0 Å². The third-order valence-corrected chi connectivity index (χ3v) is 3.90. The monoisotopic (exact) mass is 257 g/mol. The molecule has 2 N–H and O–H groups in total. The lowest BCUT2D eigenvalue weighted by molar-refractivity contribution is -0.138. The number of hydrogen-bond acceptors (Lipinski definition) is 3. The molecule has 0 saturated heterocycles. The van der Waals surface area contributed by atoms with E-state index in [0.29, 0.717) is 0 Å². The molecule has 0 aliphatic heterocycles. The van der Waals surface area contributed by atoms with Crippen molar-refractivity contribution in [3.63, 3.8) is 0 Å². The van der Waals surface area contributed by atoms with E-state index in [4.69, 9.17) is 5.11 Å². The Hall–Kier alpha value is -1.40. The van der Waals surface area contributed by atoms with E-state index < -0.39 is 22.0 Å². The zero-order valence-electron chi connectivity index (χ0n) is 9.67. The van der Waals surface area contributed by atoms with Gasteiger partial charge >= 0.3 is 5.97 Å². The van der Waals surface area contributed by atoms with Crippen LogP contribution in [0.3, 0.4) is 0 Å². The third kappa shape index (κ3) is 3.54. The van der Waals surface area contributed by atoms with Gasteiger partial charge in [0.05, 0.1) is 4.90 Å². The molecule has 0 aliphatic rings. The highest BCUT2D eigenvalue weighted by molar-refractivity contribution is 7.89. The Bertz CT molecular complexity index is 493. The van der Waals surface area contributed by atoms with Crippen molar-refractivity contribution >= 4 is 16.0 Å². The van der Waals surface area contributed by atoms with Crippen LogP contribution in [0.5, 0.6) is 0 Å². The topological polar surface area (TPSA) is 83.5 Å². The minimum Gasteiger partial charge on any atom is -0.480 e. The molecule has 0 radical (unpaired) electrons. The van der Waals surface area contributed by atoms with Crippen LogP contribution >= 0.6 is 0 Å². The molecule has 0 unspecified atom stereocenters. The molecule has 0 saturated carbocycles. The molecule has 17 heavy (non-hydrogen) atoms. The average Bonchev–Trinajstić information content (AvgIpc) is 2.28. The highest BCUT2D eigenvalue weighted by Gasteiger charge is 2.21. The van der Waals surface area contributed by atoms with Crippen LogP contribution in [0.2, 0.25) is 0 Å². The van der Waals surface area contributed by atoms with E-state index in [1.807, 2.05) is 6.92 Å². The first-order valence-electron chi connectivity index (χ1n) is 5.21. The average molecular weight is 257 g/mol.